The Morgan fingerprint density at radius 2 is 1.78 bits per heavy atom. The first kappa shape index (κ1) is 26.5. The molecule has 3 aliphatic heterocycles. The van der Waals surface area contributed by atoms with Crippen molar-refractivity contribution in [3.05, 3.63) is 29.8 Å². The van der Waals surface area contributed by atoms with Crippen LogP contribution in [0.1, 0.15) is 76.1 Å². The molecule has 1 aromatic carbocycles. The van der Waals surface area contributed by atoms with Crippen LogP contribution in [-0.2, 0) is 14.3 Å². The van der Waals surface area contributed by atoms with E-state index in [-0.39, 0.29) is 29.9 Å². The van der Waals surface area contributed by atoms with Crippen molar-refractivity contribution in [3.8, 4) is 5.75 Å². The first-order valence-electron chi connectivity index (χ1n) is 13.3. The van der Waals surface area contributed by atoms with Gasteiger partial charge >= 0.3 is 18.0 Å². The molecule has 4 unspecified atom stereocenters. The van der Waals surface area contributed by atoms with Gasteiger partial charge in [-0.1, -0.05) is 12.1 Å². The molecule has 1 amide bonds. The lowest BCUT2D eigenvalue weighted by atomic mass is 9.69. The number of ether oxygens (including phenoxy) is 3. The lowest BCUT2D eigenvalue weighted by Gasteiger charge is -2.57. The molecule has 4 atom stereocenters. The Hall–Kier alpha value is -2.61. The number of nitrogens with zero attached hydrogens (tertiary/aromatic N) is 2. The van der Waals surface area contributed by atoms with Gasteiger partial charge in [-0.15, -0.1) is 0 Å². The SMILES string of the molecule is COC(=O)c1ccccc1OC(=O)CCCC1C2CCCN3CCCC(CN1C(=O)OC(C)(C)C)C23. The van der Waals surface area contributed by atoms with E-state index in [9.17, 15) is 14.4 Å². The summed E-state index contributed by atoms with van der Waals surface area (Å²) in [5, 5.41) is 0. The van der Waals surface area contributed by atoms with Gasteiger partial charge in [-0.05, 0) is 96.4 Å². The zero-order valence-electron chi connectivity index (χ0n) is 22.0. The lowest BCUT2D eigenvalue weighted by Crippen LogP contribution is -2.65. The topological polar surface area (TPSA) is 85.4 Å². The van der Waals surface area contributed by atoms with Crippen LogP contribution in [0.5, 0.6) is 5.75 Å². The smallest absolute Gasteiger partial charge is 0.410 e. The van der Waals surface area contributed by atoms with E-state index in [1.54, 1.807) is 24.3 Å². The average molecular weight is 501 g/mol. The van der Waals surface area contributed by atoms with Crippen LogP contribution in [0, 0.1) is 11.8 Å². The summed E-state index contributed by atoms with van der Waals surface area (Å²) < 4.78 is 16.1. The van der Waals surface area contributed by atoms with Gasteiger partial charge in [-0.3, -0.25) is 9.69 Å². The summed E-state index contributed by atoms with van der Waals surface area (Å²) in [6, 6.07) is 7.13. The van der Waals surface area contributed by atoms with E-state index in [2.05, 4.69) is 4.90 Å². The summed E-state index contributed by atoms with van der Waals surface area (Å²) in [5.41, 5.74) is -0.331. The summed E-state index contributed by atoms with van der Waals surface area (Å²) in [6.45, 7) is 8.70. The third-order valence-corrected chi connectivity index (χ3v) is 7.70. The van der Waals surface area contributed by atoms with Gasteiger partial charge in [0.2, 0.25) is 0 Å². The van der Waals surface area contributed by atoms with Crippen LogP contribution in [-0.4, -0.2) is 72.3 Å². The fourth-order valence-electron chi connectivity index (χ4n) is 6.36. The van der Waals surface area contributed by atoms with E-state index in [0.717, 1.165) is 32.4 Å². The largest absolute Gasteiger partial charge is 0.465 e. The number of carbonyl (C=O) groups is 3. The Balaban J connectivity index is 1.44. The van der Waals surface area contributed by atoms with E-state index in [1.807, 2.05) is 25.7 Å². The second kappa shape index (κ2) is 11.2. The Labute approximate surface area is 214 Å². The van der Waals surface area contributed by atoms with Crippen LogP contribution in [0.3, 0.4) is 0 Å². The molecule has 0 saturated carbocycles. The van der Waals surface area contributed by atoms with Gasteiger partial charge in [-0.2, -0.15) is 0 Å². The lowest BCUT2D eigenvalue weighted by molar-refractivity contribution is -0.134. The maximum atomic E-state index is 13.3. The molecule has 3 aliphatic rings. The van der Waals surface area contributed by atoms with Crippen molar-refractivity contribution >= 4 is 18.0 Å². The van der Waals surface area contributed by atoms with Gasteiger partial charge < -0.3 is 19.1 Å². The second-order valence-electron chi connectivity index (χ2n) is 11.3. The van der Waals surface area contributed by atoms with E-state index in [1.165, 1.54) is 13.5 Å². The fourth-order valence-corrected chi connectivity index (χ4v) is 6.36. The van der Waals surface area contributed by atoms with Crippen LogP contribution in [0.25, 0.3) is 0 Å². The van der Waals surface area contributed by atoms with E-state index >= 15 is 0 Å². The minimum atomic E-state index is -0.555. The maximum Gasteiger partial charge on any atom is 0.410 e. The number of piperidine rings is 3. The molecule has 1 aromatic rings. The molecule has 3 heterocycles. The third-order valence-electron chi connectivity index (χ3n) is 7.70. The minimum Gasteiger partial charge on any atom is -0.465 e. The van der Waals surface area contributed by atoms with Crippen LogP contribution in [0.2, 0.25) is 0 Å². The summed E-state index contributed by atoms with van der Waals surface area (Å²) in [6.07, 6.45) is 5.83. The number of rotatable bonds is 6. The van der Waals surface area contributed by atoms with Gasteiger partial charge in [0.25, 0.3) is 0 Å². The van der Waals surface area contributed by atoms with Crippen LogP contribution in [0.4, 0.5) is 4.79 Å². The van der Waals surface area contributed by atoms with Crippen molar-refractivity contribution in [2.24, 2.45) is 11.8 Å². The number of hydrogen-bond donors (Lipinski definition) is 0. The average Bonchev–Trinajstić information content (AvgIpc) is 2.84. The van der Waals surface area contributed by atoms with Crippen molar-refractivity contribution in [2.45, 2.75) is 83.4 Å². The molecule has 8 heteroatoms. The summed E-state index contributed by atoms with van der Waals surface area (Å²) in [7, 11) is 1.30. The molecule has 0 aromatic heterocycles. The Morgan fingerprint density at radius 1 is 1.06 bits per heavy atom. The number of hydrogen-bond acceptors (Lipinski definition) is 7. The number of likely N-dealkylation sites (tertiary alicyclic amines) is 1. The third kappa shape index (κ3) is 6.02. The molecule has 0 spiro atoms. The van der Waals surface area contributed by atoms with E-state index in [4.69, 9.17) is 14.2 Å². The van der Waals surface area contributed by atoms with Gasteiger partial charge in [0.05, 0.1) is 7.11 Å². The van der Waals surface area contributed by atoms with Gasteiger partial charge in [0.1, 0.15) is 16.9 Å². The number of amides is 1. The monoisotopic (exact) mass is 500 g/mol. The Morgan fingerprint density at radius 3 is 2.50 bits per heavy atom. The molecular formula is C28H40N2O6. The highest BCUT2D eigenvalue weighted by atomic mass is 16.6. The zero-order chi connectivity index (χ0) is 25.9. The van der Waals surface area contributed by atoms with E-state index in [0.29, 0.717) is 37.3 Å². The number of esters is 2. The van der Waals surface area contributed by atoms with Crippen molar-refractivity contribution in [1.29, 1.82) is 0 Å². The molecule has 0 bridgehead atoms. The number of para-hydroxylation sites is 1. The predicted octanol–water partition coefficient (Wildman–Crippen LogP) is 4.66. The van der Waals surface area contributed by atoms with Gasteiger partial charge in [0, 0.05) is 25.0 Å². The number of carbonyl (C=O) groups excluding carboxylic acids is 3. The molecule has 0 radical (unpaired) electrons. The van der Waals surface area contributed by atoms with E-state index < -0.39 is 17.5 Å². The van der Waals surface area contributed by atoms with Gasteiger partial charge in [-0.25, -0.2) is 9.59 Å². The van der Waals surface area contributed by atoms with Crippen LogP contribution < -0.4 is 4.74 Å². The van der Waals surface area contributed by atoms with Crippen molar-refractivity contribution < 1.29 is 28.6 Å². The standard InChI is InChI=1S/C28H40N2O6/c1-28(2,3)36-27(33)30-18-19-10-8-16-29-17-9-12-20(25(19)29)22(30)13-7-15-24(31)35-23-14-6-5-11-21(23)26(32)34-4/h5-6,11,14,19-20,22,25H,7-10,12-13,15-18H2,1-4H3. The first-order chi connectivity index (χ1) is 17.2. The molecular weight excluding hydrogens is 460 g/mol. The molecule has 36 heavy (non-hydrogen) atoms. The maximum absolute atomic E-state index is 13.3. The molecule has 3 saturated heterocycles. The second-order valence-corrected chi connectivity index (χ2v) is 11.3. The zero-order valence-corrected chi connectivity index (χ0v) is 22.0. The highest BCUT2D eigenvalue weighted by Crippen LogP contribution is 2.43. The molecule has 0 N–H and O–H groups in total. The Kier molecular flexibility index (Phi) is 8.23. The molecule has 8 nitrogen and oxygen atoms in total. The van der Waals surface area contributed by atoms with Crippen molar-refractivity contribution in [3.63, 3.8) is 0 Å². The van der Waals surface area contributed by atoms with Gasteiger partial charge in [0.15, 0.2) is 0 Å². The van der Waals surface area contributed by atoms with Crippen molar-refractivity contribution in [1.82, 2.24) is 9.80 Å². The molecule has 0 aliphatic carbocycles. The summed E-state index contributed by atoms with van der Waals surface area (Å²) in [5.74, 6) is 0.133. The van der Waals surface area contributed by atoms with Crippen LogP contribution >= 0.6 is 0 Å². The highest BCUT2D eigenvalue weighted by molar-refractivity contribution is 5.93. The van der Waals surface area contributed by atoms with Crippen molar-refractivity contribution in [2.75, 3.05) is 26.7 Å². The molecule has 4 rings (SSSR count). The number of methoxy groups -OCH3 is 1. The summed E-state index contributed by atoms with van der Waals surface area (Å²) in [4.78, 5) is 42.5. The quantitative estimate of drug-likeness (QED) is 0.415. The predicted molar refractivity (Wildman–Crippen MR) is 135 cm³/mol. The number of benzene rings is 1. The normalized spacial score (nSPS) is 26.1. The highest BCUT2D eigenvalue weighted by Gasteiger charge is 2.50. The molecule has 198 valence electrons. The first-order valence-corrected chi connectivity index (χ1v) is 13.3. The van der Waals surface area contributed by atoms with Crippen LogP contribution in [0.15, 0.2) is 24.3 Å². The summed E-state index contributed by atoms with van der Waals surface area (Å²) >= 11 is 0. The Bertz CT molecular complexity index is 956. The molecule has 3 fully saturated rings. The fraction of sp³-hybridized carbons (Fsp3) is 0.679. The minimum absolute atomic E-state index is 0.0390.